The molecule has 1 unspecified atom stereocenters. The van der Waals surface area contributed by atoms with Crippen molar-refractivity contribution in [3.8, 4) is 0 Å². The van der Waals surface area contributed by atoms with E-state index >= 15 is 0 Å². The molecule has 80 valence electrons. The summed E-state index contributed by atoms with van der Waals surface area (Å²) in [6.45, 7) is 0. The maximum absolute atomic E-state index is 10.8. The Balaban J connectivity index is 2.03. The third-order valence-corrected chi connectivity index (χ3v) is 5.32. The molecule has 0 amide bonds. The van der Waals surface area contributed by atoms with Gasteiger partial charge >= 0.3 is 5.97 Å². The second-order valence-corrected chi connectivity index (χ2v) is 5.94. The van der Waals surface area contributed by atoms with Gasteiger partial charge in [-0.15, -0.1) is 0 Å². The molecule has 1 heterocycles. The second kappa shape index (κ2) is 4.13. The number of carboxylic acid groups (broad SMARTS) is 1. The standard InChI is InChI=1S/C11H18O2S/c12-10(13)8-9-11(6-7-14-9)4-2-1-3-5-11/h9H,1-8H2,(H,12,13). The first-order valence-corrected chi connectivity index (χ1v) is 6.61. The summed E-state index contributed by atoms with van der Waals surface area (Å²) in [5.41, 5.74) is 0.404. The van der Waals surface area contributed by atoms with Crippen molar-refractivity contribution in [1.29, 1.82) is 0 Å². The van der Waals surface area contributed by atoms with Crippen molar-refractivity contribution >= 4 is 17.7 Å². The average Bonchev–Trinajstić information content (AvgIpc) is 2.50. The topological polar surface area (TPSA) is 37.3 Å². The van der Waals surface area contributed by atoms with Gasteiger partial charge in [-0.25, -0.2) is 0 Å². The van der Waals surface area contributed by atoms with E-state index in [1.54, 1.807) is 0 Å². The van der Waals surface area contributed by atoms with Crippen LogP contribution < -0.4 is 0 Å². The monoisotopic (exact) mass is 214 g/mol. The molecule has 2 fully saturated rings. The molecule has 0 radical (unpaired) electrons. The number of rotatable bonds is 2. The summed E-state index contributed by atoms with van der Waals surface area (Å²) in [4.78, 5) is 10.8. The smallest absolute Gasteiger partial charge is 0.304 e. The van der Waals surface area contributed by atoms with Crippen LogP contribution in [0.25, 0.3) is 0 Å². The lowest BCUT2D eigenvalue weighted by molar-refractivity contribution is -0.137. The van der Waals surface area contributed by atoms with E-state index in [0.717, 1.165) is 0 Å². The third-order valence-electron chi connectivity index (χ3n) is 3.81. The van der Waals surface area contributed by atoms with Gasteiger partial charge < -0.3 is 5.11 Å². The Labute approximate surface area is 89.5 Å². The van der Waals surface area contributed by atoms with Crippen LogP contribution in [0.15, 0.2) is 0 Å². The Morgan fingerprint density at radius 2 is 2.00 bits per heavy atom. The number of hydrogen-bond acceptors (Lipinski definition) is 2. The predicted molar refractivity (Wildman–Crippen MR) is 58.6 cm³/mol. The molecule has 3 heteroatoms. The van der Waals surface area contributed by atoms with Gasteiger partial charge in [0.2, 0.25) is 0 Å². The van der Waals surface area contributed by atoms with Crippen LogP contribution in [-0.2, 0) is 4.79 Å². The van der Waals surface area contributed by atoms with Crippen molar-refractivity contribution in [3.05, 3.63) is 0 Å². The van der Waals surface area contributed by atoms with Gasteiger partial charge in [0.05, 0.1) is 6.42 Å². The molecule has 0 aromatic carbocycles. The zero-order valence-corrected chi connectivity index (χ0v) is 9.31. The largest absolute Gasteiger partial charge is 0.481 e. The first-order chi connectivity index (χ1) is 6.73. The molecule has 0 aromatic heterocycles. The van der Waals surface area contributed by atoms with Gasteiger partial charge in [-0.05, 0) is 30.4 Å². The molecule has 1 spiro atoms. The molecule has 1 N–H and O–H groups in total. The molecule has 1 saturated heterocycles. The van der Waals surface area contributed by atoms with Crippen LogP contribution in [0.4, 0.5) is 0 Å². The molecule has 0 aromatic rings. The van der Waals surface area contributed by atoms with E-state index in [4.69, 9.17) is 5.11 Å². The Morgan fingerprint density at radius 1 is 1.29 bits per heavy atom. The highest BCUT2D eigenvalue weighted by molar-refractivity contribution is 8.00. The Hall–Kier alpha value is -0.180. The van der Waals surface area contributed by atoms with Crippen LogP contribution in [0.1, 0.15) is 44.9 Å². The Kier molecular flexibility index (Phi) is 3.05. The molecule has 2 aliphatic rings. The summed E-state index contributed by atoms with van der Waals surface area (Å²) in [5.74, 6) is 0.562. The van der Waals surface area contributed by atoms with Crippen LogP contribution >= 0.6 is 11.8 Å². The van der Waals surface area contributed by atoms with Gasteiger partial charge in [-0.2, -0.15) is 11.8 Å². The number of hydrogen-bond donors (Lipinski definition) is 1. The van der Waals surface area contributed by atoms with E-state index in [1.807, 2.05) is 11.8 Å². The Bertz CT molecular complexity index is 221. The van der Waals surface area contributed by atoms with Gasteiger partial charge in [-0.3, -0.25) is 4.79 Å². The Morgan fingerprint density at radius 3 is 2.64 bits per heavy atom. The summed E-state index contributed by atoms with van der Waals surface area (Å²) in [7, 11) is 0. The van der Waals surface area contributed by atoms with Gasteiger partial charge in [0.1, 0.15) is 0 Å². The van der Waals surface area contributed by atoms with Crippen LogP contribution in [0.3, 0.4) is 0 Å². The number of carboxylic acids is 1. The quantitative estimate of drug-likeness (QED) is 0.768. The fourth-order valence-electron chi connectivity index (χ4n) is 3.00. The molecule has 2 nitrogen and oxygen atoms in total. The van der Waals surface area contributed by atoms with E-state index in [0.29, 0.717) is 17.1 Å². The SMILES string of the molecule is O=C(O)CC1SCCC12CCCCC2. The molecule has 1 saturated carbocycles. The normalized spacial score (nSPS) is 30.7. The van der Waals surface area contributed by atoms with Gasteiger partial charge in [-0.1, -0.05) is 19.3 Å². The van der Waals surface area contributed by atoms with E-state index in [1.165, 1.54) is 44.3 Å². The minimum atomic E-state index is -0.616. The molecular formula is C11H18O2S. The second-order valence-electron chi connectivity index (χ2n) is 4.63. The molecule has 1 aliphatic heterocycles. The molecule has 1 aliphatic carbocycles. The highest BCUT2D eigenvalue weighted by Gasteiger charge is 2.44. The maximum Gasteiger partial charge on any atom is 0.304 e. The van der Waals surface area contributed by atoms with Gasteiger partial charge in [0.15, 0.2) is 0 Å². The third kappa shape index (κ3) is 1.92. The average molecular weight is 214 g/mol. The summed E-state index contributed by atoms with van der Waals surface area (Å²) < 4.78 is 0. The lowest BCUT2D eigenvalue weighted by Gasteiger charge is -2.37. The highest BCUT2D eigenvalue weighted by atomic mass is 32.2. The van der Waals surface area contributed by atoms with E-state index in [-0.39, 0.29) is 0 Å². The van der Waals surface area contributed by atoms with Gasteiger partial charge in [0, 0.05) is 5.25 Å². The predicted octanol–water partition coefficient (Wildman–Crippen LogP) is 2.92. The summed E-state index contributed by atoms with van der Waals surface area (Å²) in [6.07, 6.45) is 8.18. The maximum atomic E-state index is 10.8. The lowest BCUT2D eigenvalue weighted by Crippen LogP contribution is -2.32. The molecule has 14 heavy (non-hydrogen) atoms. The van der Waals surface area contributed by atoms with Crippen molar-refractivity contribution in [2.45, 2.75) is 50.2 Å². The van der Waals surface area contributed by atoms with Crippen molar-refractivity contribution in [2.75, 3.05) is 5.75 Å². The number of aliphatic carboxylic acids is 1. The fourth-order valence-corrected chi connectivity index (χ4v) is 4.78. The van der Waals surface area contributed by atoms with Crippen molar-refractivity contribution in [1.82, 2.24) is 0 Å². The number of thioether (sulfide) groups is 1. The van der Waals surface area contributed by atoms with Crippen molar-refractivity contribution in [2.24, 2.45) is 5.41 Å². The van der Waals surface area contributed by atoms with E-state index in [2.05, 4.69) is 0 Å². The van der Waals surface area contributed by atoms with E-state index < -0.39 is 5.97 Å². The number of carbonyl (C=O) groups is 1. The van der Waals surface area contributed by atoms with Crippen LogP contribution in [-0.4, -0.2) is 22.1 Å². The molecular weight excluding hydrogens is 196 g/mol. The summed E-state index contributed by atoms with van der Waals surface area (Å²) in [5, 5.41) is 9.28. The van der Waals surface area contributed by atoms with Crippen LogP contribution in [0, 0.1) is 5.41 Å². The zero-order valence-electron chi connectivity index (χ0n) is 8.50. The van der Waals surface area contributed by atoms with Crippen LogP contribution in [0.5, 0.6) is 0 Å². The lowest BCUT2D eigenvalue weighted by atomic mass is 9.69. The summed E-state index contributed by atoms with van der Waals surface area (Å²) in [6, 6.07) is 0. The molecule has 0 bridgehead atoms. The minimum absolute atomic E-state index is 0.380. The van der Waals surface area contributed by atoms with E-state index in [9.17, 15) is 4.79 Å². The first kappa shape index (κ1) is 10.3. The van der Waals surface area contributed by atoms with Crippen molar-refractivity contribution in [3.63, 3.8) is 0 Å². The fraction of sp³-hybridized carbons (Fsp3) is 0.909. The van der Waals surface area contributed by atoms with Crippen molar-refractivity contribution < 1.29 is 9.90 Å². The van der Waals surface area contributed by atoms with Gasteiger partial charge in [0.25, 0.3) is 0 Å². The summed E-state index contributed by atoms with van der Waals surface area (Å²) >= 11 is 1.90. The first-order valence-electron chi connectivity index (χ1n) is 5.56. The highest BCUT2D eigenvalue weighted by Crippen LogP contribution is 2.53. The van der Waals surface area contributed by atoms with Crippen LogP contribution in [0.2, 0.25) is 0 Å². The zero-order chi connectivity index (χ0) is 10.0. The molecule has 1 atom stereocenters. The minimum Gasteiger partial charge on any atom is -0.481 e. The molecule has 2 rings (SSSR count).